The molecule has 1 aromatic heterocycles. The number of nitrogen functional groups attached to an aromatic ring is 1. The van der Waals surface area contributed by atoms with E-state index in [4.69, 9.17) is 10.5 Å². The molecule has 5 nitrogen and oxygen atoms in total. The highest BCUT2D eigenvalue weighted by Gasteiger charge is 2.59. The van der Waals surface area contributed by atoms with Crippen molar-refractivity contribution >= 4 is 5.82 Å². The van der Waals surface area contributed by atoms with E-state index < -0.39 is 23.7 Å². The topological polar surface area (TPSA) is 70.1 Å². The minimum absolute atomic E-state index is 0.136. The summed E-state index contributed by atoms with van der Waals surface area (Å²) in [6, 6.07) is 1.49. The van der Waals surface area contributed by atoms with Crippen LogP contribution in [0.25, 0.3) is 0 Å². The molecule has 0 amide bonds. The molecule has 1 aliphatic heterocycles. The fraction of sp³-hybridized carbons (Fsp3) is 0.714. The highest BCUT2D eigenvalue weighted by Crippen LogP contribution is 2.56. The summed E-state index contributed by atoms with van der Waals surface area (Å²) < 4.78 is 22.0. The molecule has 1 aromatic rings. The highest BCUT2D eigenvalue weighted by molar-refractivity contribution is 5.23. The Kier molecular flexibility index (Phi) is 3.08. The zero-order chi connectivity index (χ0) is 14.5. The molecule has 2 aliphatic rings. The number of hydrogen-bond donors (Lipinski definition) is 1. The van der Waals surface area contributed by atoms with E-state index in [0.29, 0.717) is 5.92 Å². The third kappa shape index (κ3) is 1.85. The van der Waals surface area contributed by atoms with E-state index in [-0.39, 0.29) is 11.7 Å². The largest absolute Gasteiger partial charge is 0.383 e. The van der Waals surface area contributed by atoms with Gasteiger partial charge in [-0.1, -0.05) is 13.8 Å². The number of halogens is 1. The van der Waals surface area contributed by atoms with E-state index in [9.17, 15) is 9.18 Å². The molecule has 3 rings (SSSR count). The smallest absolute Gasteiger partial charge is 0.351 e. The average molecular weight is 281 g/mol. The SMILES string of the molecule is CC[C@@]1(C2CC2)O[C@@H](n2ccc(N)nc2=O)[C@@H](F)[C@@H]1C. The fourth-order valence-corrected chi connectivity index (χ4v) is 3.48. The first-order valence-electron chi connectivity index (χ1n) is 7.16. The van der Waals surface area contributed by atoms with Gasteiger partial charge in [0.2, 0.25) is 0 Å². The Morgan fingerprint density at radius 3 is 2.85 bits per heavy atom. The van der Waals surface area contributed by atoms with Crippen molar-refractivity contribution in [1.29, 1.82) is 0 Å². The summed E-state index contributed by atoms with van der Waals surface area (Å²) in [4.78, 5) is 15.5. The number of ether oxygens (including phenoxy) is 1. The van der Waals surface area contributed by atoms with Crippen LogP contribution in [0.1, 0.15) is 39.3 Å². The van der Waals surface area contributed by atoms with E-state index in [2.05, 4.69) is 4.98 Å². The summed E-state index contributed by atoms with van der Waals surface area (Å²) in [7, 11) is 0. The van der Waals surface area contributed by atoms with E-state index in [1.54, 1.807) is 0 Å². The Labute approximate surface area is 116 Å². The summed E-state index contributed by atoms with van der Waals surface area (Å²) >= 11 is 0. The van der Waals surface area contributed by atoms with Gasteiger partial charge in [0.15, 0.2) is 12.4 Å². The lowest BCUT2D eigenvalue weighted by atomic mass is 9.81. The van der Waals surface area contributed by atoms with Crippen molar-refractivity contribution in [2.45, 2.75) is 51.1 Å². The van der Waals surface area contributed by atoms with Crippen molar-refractivity contribution < 1.29 is 9.13 Å². The van der Waals surface area contributed by atoms with Crippen LogP contribution < -0.4 is 11.4 Å². The second-order valence-corrected chi connectivity index (χ2v) is 5.87. The molecule has 4 atom stereocenters. The number of anilines is 1. The van der Waals surface area contributed by atoms with Gasteiger partial charge in [0.05, 0.1) is 5.60 Å². The second-order valence-electron chi connectivity index (χ2n) is 5.87. The normalized spacial score (nSPS) is 37.2. The minimum Gasteiger partial charge on any atom is -0.383 e. The lowest BCUT2D eigenvalue weighted by Crippen LogP contribution is -2.37. The van der Waals surface area contributed by atoms with Gasteiger partial charge >= 0.3 is 5.69 Å². The molecule has 0 spiro atoms. The highest BCUT2D eigenvalue weighted by atomic mass is 19.1. The maximum absolute atomic E-state index is 14.7. The maximum atomic E-state index is 14.7. The molecule has 20 heavy (non-hydrogen) atoms. The number of alkyl halides is 1. The van der Waals surface area contributed by atoms with Crippen LogP contribution in [-0.2, 0) is 4.74 Å². The van der Waals surface area contributed by atoms with Crippen LogP contribution in [0.3, 0.4) is 0 Å². The lowest BCUT2D eigenvalue weighted by molar-refractivity contribution is -0.104. The van der Waals surface area contributed by atoms with Gasteiger partial charge in [0.1, 0.15) is 5.82 Å². The molecule has 0 radical (unpaired) electrons. The first-order valence-corrected chi connectivity index (χ1v) is 7.16. The Bertz CT molecular complexity index is 572. The van der Waals surface area contributed by atoms with Crippen LogP contribution in [0.4, 0.5) is 10.2 Å². The van der Waals surface area contributed by atoms with E-state index in [0.717, 1.165) is 19.3 Å². The fourth-order valence-electron chi connectivity index (χ4n) is 3.48. The third-order valence-corrected chi connectivity index (χ3v) is 4.81. The molecular weight excluding hydrogens is 261 g/mol. The summed E-state index contributed by atoms with van der Waals surface area (Å²) in [5.41, 5.74) is 4.45. The summed E-state index contributed by atoms with van der Waals surface area (Å²) in [6.45, 7) is 3.90. The van der Waals surface area contributed by atoms with Crippen LogP contribution in [0.2, 0.25) is 0 Å². The average Bonchev–Trinajstić information content (AvgIpc) is 3.22. The predicted octanol–water partition coefficient (Wildman–Crippen LogP) is 1.89. The molecule has 110 valence electrons. The molecule has 2 N–H and O–H groups in total. The van der Waals surface area contributed by atoms with Crippen LogP contribution >= 0.6 is 0 Å². The van der Waals surface area contributed by atoms with Gasteiger partial charge in [-0.05, 0) is 31.2 Å². The molecule has 1 aliphatic carbocycles. The van der Waals surface area contributed by atoms with E-state index >= 15 is 0 Å². The van der Waals surface area contributed by atoms with Crippen molar-refractivity contribution in [1.82, 2.24) is 9.55 Å². The van der Waals surface area contributed by atoms with Crippen molar-refractivity contribution in [2.24, 2.45) is 11.8 Å². The van der Waals surface area contributed by atoms with Gasteiger partial charge in [-0.25, -0.2) is 9.18 Å². The van der Waals surface area contributed by atoms with Crippen LogP contribution in [0.5, 0.6) is 0 Å². The summed E-state index contributed by atoms with van der Waals surface area (Å²) in [5.74, 6) is 0.314. The quantitative estimate of drug-likeness (QED) is 0.918. The lowest BCUT2D eigenvalue weighted by Gasteiger charge is -2.32. The summed E-state index contributed by atoms with van der Waals surface area (Å²) in [6.07, 6.45) is 2.27. The molecule has 0 aromatic carbocycles. The maximum Gasteiger partial charge on any atom is 0.351 e. The molecule has 1 saturated carbocycles. The number of aromatic nitrogens is 2. The monoisotopic (exact) mass is 281 g/mol. The number of rotatable bonds is 3. The molecule has 6 heteroatoms. The summed E-state index contributed by atoms with van der Waals surface area (Å²) in [5, 5.41) is 0. The van der Waals surface area contributed by atoms with Gasteiger partial charge in [0.25, 0.3) is 0 Å². The number of hydrogen-bond acceptors (Lipinski definition) is 4. The zero-order valence-corrected chi connectivity index (χ0v) is 11.8. The molecule has 2 heterocycles. The molecular formula is C14H20FN3O2. The van der Waals surface area contributed by atoms with Crippen molar-refractivity contribution in [3.05, 3.63) is 22.7 Å². The first-order chi connectivity index (χ1) is 9.49. The second kappa shape index (κ2) is 4.55. The van der Waals surface area contributed by atoms with E-state index in [1.165, 1.54) is 16.8 Å². The Morgan fingerprint density at radius 2 is 2.30 bits per heavy atom. The molecule has 0 bridgehead atoms. The van der Waals surface area contributed by atoms with Crippen molar-refractivity contribution in [2.75, 3.05) is 5.73 Å². The van der Waals surface area contributed by atoms with Crippen LogP contribution in [-0.4, -0.2) is 21.3 Å². The minimum atomic E-state index is -1.21. The van der Waals surface area contributed by atoms with Gasteiger partial charge in [0, 0.05) is 12.1 Å². The predicted molar refractivity (Wildman–Crippen MR) is 72.8 cm³/mol. The Morgan fingerprint density at radius 1 is 1.60 bits per heavy atom. The Balaban J connectivity index is 1.97. The zero-order valence-electron chi connectivity index (χ0n) is 11.8. The first kappa shape index (κ1) is 13.5. The third-order valence-electron chi connectivity index (χ3n) is 4.81. The molecule has 1 saturated heterocycles. The number of nitrogens with zero attached hydrogens (tertiary/aromatic N) is 2. The van der Waals surface area contributed by atoms with Gasteiger partial charge in [-0.3, -0.25) is 4.57 Å². The van der Waals surface area contributed by atoms with Gasteiger partial charge in [-0.15, -0.1) is 0 Å². The van der Waals surface area contributed by atoms with Crippen LogP contribution in [0, 0.1) is 11.8 Å². The number of nitrogens with two attached hydrogens (primary N) is 1. The molecule has 0 unspecified atom stereocenters. The van der Waals surface area contributed by atoms with Gasteiger partial charge < -0.3 is 10.5 Å². The van der Waals surface area contributed by atoms with E-state index in [1.807, 2.05) is 13.8 Å². The Hall–Kier alpha value is -1.43. The van der Waals surface area contributed by atoms with Crippen LogP contribution in [0.15, 0.2) is 17.1 Å². The van der Waals surface area contributed by atoms with Crippen molar-refractivity contribution in [3.8, 4) is 0 Å². The standard InChI is InChI=1S/C14H20FN3O2/c1-3-14(9-4-5-9)8(2)11(15)12(20-14)18-7-6-10(16)17-13(18)19/h6-9,11-12H,3-5H2,1-2H3,(H2,16,17,19)/t8-,11-,12+,14+/m0/s1. The molecule has 2 fully saturated rings. The van der Waals surface area contributed by atoms with Crippen molar-refractivity contribution in [3.63, 3.8) is 0 Å². The van der Waals surface area contributed by atoms with Gasteiger partial charge in [-0.2, -0.15) is 4.98 Å².